The molecule has 0 amide bonds. The van der Waals surface area contributed by atoms with Crippen LogP contribution in [0.15, 0.2) is 48.5 Å². The predicted molar refractivity (Wildman–Crippen MR) is 112 cm³/mol. The summed E-state index contributed by atoms with van der Waals surface area (Å²) in [4.78, 5) is 10.7. The maximum Gasteiger partial charge on any atom is 0.303 e. The number of anilines is 1. The molecule has 0 bridgehead atoms. The van der Waals surface area contributed by atoms with Crippen LogP contribution in [-0.2, 0) is 21.2 Å². The number of carboxylic acid groups (broad SMARTS) is 1. The SMILES string of the molecule is CCCCS(=O)(=O)Nc1ccc(OCCOc2ccccc2CCC(=O)O)cc1. The number of aryl methyl sites for hydroxylation is 1. The number of nitrogens with one attached hydrogen (secondary N) is 1. The first-order chi connectivity index (χ1) is 13.9. The van der Waals surface area contributed by atoms with Gasteiger partial charge in [-0.25, -0.2) is 8.42 Å². The average molecular weight is 422 g/mol. The summed E-state index contributed by atoms with van der Waals surface area (Å²) in [5, 5.41) is 8.83. The Morgan fingerprint density at radius 3 is 2.41 bits per heavy atom. The quantitative estimate of drug-likeness (QED) is 0.478. The highest BCUT2D eigenvalue weighted by Crippen LogP contribution is 2.20. The smallest absolute Gasteiger partial charge is 0.303 e. The molecule has 0 unspecified atom stereocenters. The van der Waals surface area contributed by atoms with Crippen molar-refractivity contribution in [2.75, 3.05) is 23.7 Å². The zero-order valence-corrected chi connectivity index (χ0v) is 17.3. The fraction of sp³-hybridized carbons (Fsp3) is 0.381. The molecule has 7 nitrogen and oxygen atoms in total. The van der Waals surface area contributed by atoms with Crippen LogP contribution in [0.1, 0.15) is 31.7 Å². The summed E-state index contributed by atoms with van der Waals surface area (Å²) in [5.74, 6) is 0.505. The summed E-state index contributed by atoms with van der Waals surface area (Å²) >= 11 is 0. The molecule has 0 aliphatic carbocycles. The van der Waals surface area contributed by atoms with Crippen LogP contribution in [0.4, 0.5) is 5.69 Å². The van der Waals surface area contributed by atoms with Gasteiger partial charge in [-0.3, -0.25) is 9.52 Å². The normalized spacial score (nSPS) is 11.1. The van der Waals surface area contributed by atoms with Crippen LogP contribution in [0.25, 0.3) is 0 Å². The van der Waals surface area contributed by atoms with Gasteiger partial charge in [0.05, 0.1) is 5.75 Å². The highest BCUT2D eigenvalue weighted by atomic mass is 32.2. The summed E-state index contributed by atoms with van der Waals surface area (Å²) < 4.78 is 37.7. The lowest BCUT2D eigenvalue weighted by Crippen LogP contribution is -2.16. The molecule has 29 heavy (non-hydrogen) atoms. The molecule has 2 aromatic carbocycles. The highest BCUT2D eigenvalue weighted by molar-refractivity contribution is 7.92. The van der Waals surface area contributed by atoms with Crippen molar-refractivity contribution in [3.05, 3.63) is 54.1 Å². The first-order valence-corrected chi connectivity index (χ1v) is 11.2. The van der Waals surface area contributed by atoms with Crippen LogP contribution >= 0.6 is 0 Å². The molecule has 8 heteroatoms. The second-order valence-corrected chi connectivity index (χ2v) is 8.34. The van der Waals surface area contributed by atoms with Gasteiger partial charge < -0.3 is 14.6 Å². The molecule has 0 aliphatic rings. The number of para-hydroxylation sites is 1. The molecule has 0 radical (unpaired) electrons. The minimum atomic E-state index is -3.32. The van der Waals surface area contributed by atoms with E-state index in [2.05, 4.69) is 4.72 Å². The van der Waals surface area contributed by atoms with Gasteiger partial charge in [0.25, 0.3) is 0 Å². The van der Waals surface area contributed by atoms with Gasteiger partial charge in [0.1, 0.15) is 24.7 Å². The largest absolute Gasteiger partial charge is 0.490 e. The molecule has 2 rings (SSSR count). The lowest BCUT2D eigenvalue weighted by molar-refractivity contribution is -0.136. The number of sulfonamides is 1. The Labute approximate surface area is 171 Å². The Balaban J connectivity index is 1.79. The molecule has 0 spiro atoms. The van der Waals surface area contributed by atoms with Crippen molar-refractivity contribution in [2.45, 2.75) is 32.6 Å². The molecule has 0 aromatic heterocycles. The van der Waals surface area contributed by atoms with Crippen LogP contribution in [0.2, 0.25) is 0 Å². The van der Waals surface area contributed by atoms with E-state index in [4.69, 9.17) is 14.6 Å². The van der Waals surface area contributed by atoms with E-state index in [-0.39, 0.29) is 12.2 Å². The number of hydrogen-bond acceptors (Lipinski definition) is 5. The third-order valence-corrected chi connectivity index (χ3v) is 5.46. The maximum absolute atomic E-state index is 11.9. The molecule has 0 saturated carbocycles. The Morgan fingerprint density at radius 1 is 1.03 bits per heavy atom. The average Bonchev–Trinajstić information content (AvgIpc) is 2.70. The molecular formula is C21H27NO6S. The van der Waals surface area contributed by atoms with Crippen molar-refractivity contribution < 1.29 is 27.8 Å². The van der Waals surface area contributed by atoms with E-state index in [0.29, 0.717) is 43.2 Å². The highest BCUT2D eigenvalue weighted by Gasteiger charge is 2.09. The van der Waals surface area contributed by atoms with E-state index < -0.39 is 16.0 Å². The van der Waals surface area contributed by atoms with Crippen LogP contribution < -0.4 is 14.2 Å². The summed E-state index contributed by atoms with van der Waals surface area (Å²) in [7, 11) is -3.32. The number of ether oxygens (including phenoxy) is 2. The first-order valence-electron chi connectivity index (χ1n) is 9.55. The standard InChI is InChI=1S/C21H27NO6S/c1-2-3-16-29(25,26)22-18-9-11-19(12-10-18)27-14-15-28-20-7-5-4-6-17(20)8-13-21(23)24/h4-7,9-12,22H,2-3,8,13-16H2,1H3,(H,23,24). The van der Waals surface area contributed by atoms with Crippen molar-refractivity contribution in [1.29, 1.82) is 0 Å². The first kappa shape index (κ1) is 22.5. The summed E-state index contributed by atoms with van der Waals surface area (Å²) in [6.07, 6.45) is 1.89. The lowest BCUT2D eigenvalue weighted by Gasteiger charge is -2.12. The van der Waals surface area contributed by atoms with E-state index >= 15 is 0 Å². The van der Waals surface area contributed by atoms with Crippen LogP contribution in [0.3, 0.4) is 0 Å². The fourth-order valence-corrected chi connectivity index (χ4v) is 3.85. The van der Waals surface area contributed by atoms with E-state index in [1.165, 1.54) is 0 Å². The number of rotatable bonds is 13. The monoisotopic (exact) mass is 421 g/mol. The van der Waals surface area contributed by atoms with Gasteiger partial charge >= 0.3 is 5.97 Å². The molecule has 0 atom stereocenters. The van der Waals surface area contributed by atoms with Crippen molar-refractivity contribution in [1.82, 2.24) is 0 Å². The number of carbonyl (C=O) groups is 1. The Kier molecular flexibility index (Phi) is 8.79. The van der Waals surface area contributed by atoms with Crippen LogP contribution in [-0.4, -0.2) is 38.5 Å². The Morgan fingerprint density at radius 2 is 1.72 bits per heavy atom. The minimum absolute atomic E-state index is 0.0470. The van der Waals surface area contributed by atoms with Crippen molar-refractivity contribution in [2.24, 2.45) is 0 Å². The van der Waals surface area contributed by atoms with Gasteiger partial charge in [-0.15, -0.1) is 0 Å². The minimum Gasteiger partial charge on any atom is -0.490 e. The van der Waals surface area contributed by atoms with Crippen molar-refractivity contribution in [3.8, 4) is 11.5 Å². The molecule has 0 fully saturated rings. The zero-order chi connectivity index (χ0) is 21.1. The van der Waals surface area contributed by atoms with E-state index in [1.807, 2.05) is 25.1 Å². The van der Waals surface area contributed by atoms with Gasteiger partial charge in [0.2, 0.25) is 10.0 Å². The molecular weight excluding hydrogens is 394 g/mol. The third-order valence-electron chi connectivity index (χ3n) is 4.08. The zero-order valence-electron chi connectivity index (χ0n) is 16.5. The van der Waals surface area contributed by atoms with Gasteiger partial charge in [-0.2, -0.15) is 0 Å². The molecule has 158 valence electrons. The number of hydrogen-bond donors (Lipinski definition) is 2. The summed E-state index contributed by atoms with van der Waals surface area (Å²) in [6.45, 7) is 2.55. The Bertz CT molecular complexity index is 880. The molecule has 0 heterocycles. The van der Waals surface area contributed by atoms with E-state index in [9.17, 15) is 13.2 Å². The molecule has 0 aliphatic heterocycles. The van der Waals surface area contributed by atoms with Crippen molar-refractivity contribution in [3.63, 3.8) is 0 Å². The number of carboxylic acids is 1. The van der Waals surface area contributed by atoms with Gasteiger partial charge in [0, 0.05) is 12.1 Å². The number of aliphatic carboxylic acids is 1. The van der Waals surface area contributed by atoms with Gasteiger partial charge in [0.15, 0.2) is 0 Å². The van der Waals surface area contributed by atoms with E-state index in [1.54, 1.807) is 30.3 Å². The topological polar surface area (TPSA) is 102 Å². The van der Waals surface area contributed by atoms with Gasteiger partial charge in [-0.05, 0) is 48.7 Å². The Hall–Kier alpha value is -2.74. The van der Waals surface area contributed by atoms with Crippen LogP contribution in [0.5, 0.6) is 11.5 Å². The molecule has 2 N–H and O–H groups in total. The molecule has 0 saturated heterocycles. The fourth-order valence-electron chi connectivity index (χ4n) is 2.59. The number of benzene rings is 2. The maximum atomic E-state index is 11.9. The van der Waals surface area contributed by atoms with Crippen molar-refractivity contribution >= 4 is 21.7 Å². The number of unbranched alkanes of at least 4 members (excludes halogenated alkanes) is 1. The summed E-state index contributed by atoms with van der Waals surface area (Å²) in [5.41, 5.74) is 1.34. The lowest BCUT2D eigenvalue weighted by atomic mass is 10.1. The third kappa shape index (κ3) is 8.43. The molecule has 2 aromatic rings. The van der Waals surface area contributed by atoms with Gasteiger partial charge in [-0.1, -0.05) is 31.5 Å². The summed E-state index contributed by atoms with van der Waals surface area (Å²) in [6, 6.07) is 14.0. The van der Waals surface area contributed by atoms with Crippen LogP contribution in [0, 0.1) is 0 Å². The second-order valence-electron chi connectivity index (χ2n) is 6.50. The predicted octanol–water partition coefficient (Wildman–Crippen LogP) is 3.70. The van der Waals surface area contributed by atoms with E-state index in [0.717, 1.165) is 12.0 Å². The second kappa shape index (κ2) is 11.3.